The molecule has 0 unspecified atom stereocenters. The number of rotatable bonds is 5. The monoisotopic (exact) mass is 339 g/mol. The summed E-state index contributed by atoms with van der Waals surface area (Å²) >= 11 is 1.38. The number of carbonyl (C=O) groups excluding carboxylic acids is 1. The summed E-state index contributed by atoms with van der Waals surface area (Å²) in [7, 11) is 0. The van der Waals surface area contributed by atoms with Crippen LogP contribution in [0.5, 0.6) is 11.5 Å². The van der Waals surface area contributed by atoms with E-state index < -0.39 is 0 Å². The number of hydrogen-bond donors (Lipinski definition) is 1. The van der Waals surface area contributed by atoms with Crippen molar-refractivity contribution in [1.82, 2.24) is 10.2 Å². The van der Waals surface area contributed by atoms with Crippen molar-refractivity contribution in [3.8, 4) is 11.5 Å². The van der Waals surface area contributed by atoms with Gasteiger partial charge in [-0.2, -0.15) is 0 Å². The van der Waals surface area contributed by atoms with Crippen LogP contribution in [0.3, 0.4) is 0 Å². The number of amides is 1. The largest absolute Gasteiger partial charge is 0.457 e. The minimum absolute atomic E-state index is 0.212. The molecule has 0 bridgehead atoms. The fraction of sp³-hybridized carbons (Fsp3) is 0.167. The van der Waals surface area contributed by atoms with E-state index in [0.717, 1.165) is 17.2 Å². The molecule has 0 atom stereocenters. The Morgan fingerprint density at radius 2 is 1.67 bits per heavy atom. The standard InChI is InChI=1S/C18H17N3O2S/c1-3-16-20-21-18(24-16)19-17(22)13-6-10-15(11-7-13)23-14-8-4-12(2)5-9-14/h4-11H,3H2,1-2H3,(H,19,21,22). The Labute approximate surface area is 144 Å². The quantitative estimate of drug-likeness (QED) is 0.746. The predicted molar refractivity (Wildman–Crippen MR) is 94.9 cm³/mol. The predicted octanol–water partition coefficient (Wildman–Crippen LogP) is 4.45. The van der Waals surface area contributed by atoms with Gasteiger partial charge < -0.3 is 4.74 Å². The van der Waals surface area contributed by atoms with Gasteiger partial charge in [0.05, 0.1) is 0 Å². The smallest absolute Gasteiger partial charge is 0.257 e. The third kappa shape index (κ3) is 3.97. The number of aryl methyl sites for hydroxylation is 2. The van der Waals surface area contributed by atoms with Crippen LogP contribution in [0.2, 0.25) is 0 Å². The van der Waals surface area contributed by atoms with Gasteiger partial charge in [-0.25, -0.2) is 0 Å². The molecule has 0 aliphatic heterocycles. The van der Waals surface area contributed by atoms with Crippen LogP contribution < -0.4 is 10.1 Å². The molecule has 1 amide bonds. The van der Waals surface area contributed by atoms with E-state index in [1.165, 1.54) is 16.9 Å². The lowest BCUT2D eigenvalue weighted by Crippen LogP contribution is -2.11. The van der Waals surface area contributed by atoms with Gasteiger partial charge in [0, 0.05) is 5.56 Å². The summed E-state index contributed by atoms with van der Waals surface area (Å²) in [6, 6.07) is 14.8. The summed E-state index contributed by atoms with van der Waals surface area (Å²) < 4.78 is 5.75. The van der Waals surface area contributed by atoms with Gasteiger partial charge in [-0.05, 0) is 49.7 Å². The van der Waals surface area contributed by atoms with Crippen LogP contribution in [0.4, 0.5) is 5.13 Å². The molecule has 24 heavy (non-hydrogen) atoms. The SMILES string of the molecule is CCc1nnc(NC(=O)c2ccc(Oc3ccc(C)cc3)cc2)s1. The molecule has 1 aromatic heterocycles. The van der Waals surface area contributed by atoms with Crippen molar-refractivity contribution in [2.75, 3.05) is 5.32 Å². The van der Waals surface area contributed by atoms with Crippen molar-refractivity contribution in [3.05, 3.63) is 64.7 Å². The molecule has 0 aliphatic carbocycles. The van der Waals surface area contributed by atoms with Crippen molar-refractivity contribution >= 4 is 22.4 Å². The Hall–Kier alpha value is -2.73. The Bertz CT molecular complexity index is 826. The molecule has 3 aromatic rings. The maximum absolute atomic E-state index is 12.2. The highest BCUT2D eigenvalue weighted by molar-refractivity contribution is 7.15. The van der Waals surface area contributed by atoms with Gasteiger partial charge in [0.1, 0.15) is 16.5 Å². The van der Waals surface area contributed by atoms with Gasteiger partial charge >= 0.3 is 0 Å². The van der Waals surface area contributed by atoms with Gasteiger partial charge in [-0.3, -0.25) is 10.1 Å². The highest BCUT2D eigenvalue weighted by Gasteiger charge is 2.10. The van der Waals surface area contributed by atoms with Gasteiger partial charge in [-0.1, -0.05) is 36.0 Å². The number of nitrogens with one attached hydrogen (secondary N) is 1. The van der Waals surface area contributed by atoms with Crippen molar-refractivity contribution in [1.29, 1.82) is 0 Å². The molecule has 0 fully saturated rings. The van der Waals surface area contributed by atoms with E-state index in [9.17, 15) is 4.79 Å². The minimum atomic E-state index is -0.212. The first kappa shape index (κ1) is 16.1. The molecule has 122 valence electrons. The molecule has 0 radical (unpaired) electrons. The Kier molecular flexibility index (Phi) is 4.86. The zero-order valence-electron chi connectivity index (χ0n) is 13.4. The first-order valence-corrected chi connectivity index (χ1v) is 8.44. The van der Waals surface area contributed by atoms with E-state index in [-0.39, 0.29) is 5.91 Å². The second-order valence-electron chi connectivity index (χ2n) is 5.25. The van der Waals surface area contributed by atoms with Crippen molar-refractivity contribution in [2.24, 2.45) is 0 Å². The van der Waals surface area contributed by atoms with Crippen LogP contribution in [-0.4, -0.2) is 16.1 Å². The average Bonchev–Trinajstić information content (AvgIpc) is 3.05. The fourth-order valence-electron chi connectivity index (χ4n) is 2.03. The molecule has 3 rings (SSSR count). The third-order valence-corrected chi connectivity index (χ3v) is 4.35. The first-order chi connectivity index (χ1) is 11.6. The van der Waals surface area contributed by atoms with Crippen LogP contribution in [0.25, 0.3) is 0 Å². The number of ether oxygens (including phenoxy) is 1. The van der Waals surface area contributed by atoms with E-state index in [2.05, 4.69) is 15.5 Å². The van der Waals surface area contributed by atoms with E-state index in [0.29, 0.717) is 16.4 Å². The molecular weight excluding hydrogens is 322 g/mol. The number of aromatic nitrogens is 2. The van der Waals surface area contributed by atoms with E-state index in [1.54, 1.807) is 24.3 Å². The lowest BCUT2D eigenvalue weighted by molar-refractivity contribution is 0.102. The summed E-state index contributed by atoms with van der Waals surface area (Å²) in [6.07, 6.45) is 0.804. The average molecular weight is 339 g/mol. The molecule has 5 nitrogen and oxygen atoms in total. The number of carbonyl (C=O) groups is 1. The van der Waals surface area contributed by atoms with E-state index >= 15 is 0 Å². The van der Waals surface area contributed by atoms with Crippen LogP contribution in [0, 0.1) is 6.92 Å². The molecule has 1 N–H and O–H groups in total. The summed E-state index contributed by atoms with van der Waals surface area (Å²) in [6.45, 7) is 4.03. The maximum Gasteiger partial charge on any atom is 0.257 e. The number of benzene rings is 2. The van der Waals surface area contributed by atoms with Crippen LogP contribution in [-0.2, 0) is 6.42 Å². The molecule has 0 spiro atoms. The fourth-order valence-corrected chi connectivity index (χ4v) is 2.71. The maximum atomic E-state index is 12.2. The minimum Gasteiger partial charge on any atom is -0.457 e. The van der Waals surface area contributed by atoms with Crippen LogP contribution >= 0.6 is 11.3 Å². The van der Waals surface area contributed by atoms with Crippen molar-refractivity contribution in [3.63, 3.8) is 0 Å². The summed E-state index contributed by atoms with van der Waals surface area (Å²) in [5, 5.41) is 12.1. The number of nitrogens with zero attached hydrogens (tertiary/aromatic N) is 2. The van der Waals surface area contributed by atoms with Crippen molar-refractivity contribution in [2.45, 2.75) is 20.3 Å². The summed E-state index contributed by atoms with van der Waals surface area (Å²) in [5.74, 6) is 1.23. The highest BCUT2D eigenvalue weighted by atomic mass is 32.1. The Balaban J connectivity index is 1.64. The number of anilines is 1. The van der Waals surface area contributed by atoms with Crippen LogP contribution in [0.1, 0.15) is 27.9 Å². The van der Waals surface area contributed by atoms with Gasteiger partial charge in [-0.15, -0.1) is 10.2 Å². The first-order valence-electron chi connectivity index (χ1n) is 7.62. The molecular formula is C18H17N3O2S. The summed E-state index contributed by atoms with van der Waals surface area (Å²) in [5.41, 5.74) is 1.72. The second kappa shape index (κ2) is 7.23. The van der Waals surface area contributed by atoms with E-state index in [4.69, 9.17) is 4.74 Å². The lowest BCUT2D eigenvalue weighted by atomic mass is 10.2. The third-order valence-electron chi connectivity index (χ3n) is 3.36. The topological polar surface area (TPSA) is 64.1 Å². The molecule has 0 aliphatic rings. The second-order valence-corrected chi connectivity index (χ2v) is 6.31. The zero-order valence-corrected chi connectivity index (χ0v) is 14.3. The zero-order chi connectivity index (χ0) is 16.9. The molecule has 0 saturated heterocycles. The summed E-state index contributed by atoms with van der Waals surface area (Å²) in [4.78, 5) is 12.2. The molecule has 0 saturated carbocycles. The normalized spacial score (nSPS) is 10.4. The Morgan fingerprint density at radius 3 is 2.25 bits per heavy atom. The lowest BCUT2D eigenvalue weighted by Gasteiger charge is -2.07. The van der Waals surface area contributed by atoms with E-state index in [1.807, 2.05) is 38.1 Å². The molecule has 6 heteroatoms. The van der Waals surface area contributed by atoms with Crippen LogP contribution in [0.15, 0.2) is 48.5 Å². The van der Waals surface area contributed by atoms with Crippen molar-refractivity contribution < 1.29 is 9.53 Å². The molecule has 2 aromatic carbocycles. The molecule has 1 heterocycles. The van der Waals surface area contributed by atoms with Gasteiger partial charge in [0.15, 0.2) is 0 Å². The highest BCUT2D eigenvalue weighted by Crippen LogP contribution is 2.22. The Morgan fingerprint density at radius 1 is 1.04 bits per heavy atom. The van der Waals surface area contributed by atoms with Gasteiger partial charge in [0.2, 0.25) is 5.13 Å². The van der Waals surface area contributed by atoms with Gasteiger partial charge in [0.25, 0.3) is 5.91 Å². The number of hydrogen-bond acceptors (Lipinski definition) is 5.